The van der Waals surface area contributed by atoms with Gasteiger partial charge in [0.2, 0.25) is 5.88 Å². The Hall–Kier alpha value is -2.57. The zero-order valence-electron chi connectivity index (χ0n) is 14.7. The molecule has 7 heteroatoms. The average Bonchev–Trinajstić information content (AvgIpc) is 2.61. The number of rotatable bonds is 5. The molecule has 1 fully saturated rings. The maximum Gasteiger partial charge on any atom is 0.302 e. The number of ether oxygens (including phenoxy) is 4. The quantitative estimate of drug-likeness (QED) is 0.770. The van der Waals surface area contributed by atoms with Crippen molar-refractivity contribution in [2.24, 2.45) is 0 Å². The van der Waals surface area contributed by atoms with Crippen molar-refractivity contribution in [2.75, 3.05) is 14.2 Å². The normalized spacial score (nSPS) is 20.1. The second-order valence-electron chi connectivity index (χ2n) is 6.03. The van der Waals surface area contributed by atoms with Gasteiger partial charge in [0.1, 0.15) is 12.2 Å². The van der Waals surface area contributed by atoms with Crippen LogP contribution in [0.2, 0.25) is 0 Å². The van der Waals surface area contributed by atoms with Gasteiger partial charge >= 0.3 is 5.97 Å². The van der Waals surface area contributed by atoms with Crippen LogP contribution in [0, 0.1) is 0 Å². The van der Waals surface area contributed by atoms with E-state index in [2.05, 4.69) is 9.97 Å². The molecule has 0 atom stereocenters. The lowest BCUT2D eigenvalue weighted by atomic mass is 9.95. The van der Waals surface area contributed by atoms with Gasteiger partial charge in [-0.15, -0.1) is 0 Å². The second-order valence-corrected chi connectivity index (χ2v) is 6.03. The molecule has 25 heavy (non-hydrogen) atoms. The molecule has 0 spiro atoms. The van der Waals surface area contributed by atoms with Crippen molar-refractivity contribution in [2.45, 2.75) is 44.8 Å². The van der Waals surface area contributed by atoms with Crippen molar-refractivity contribution in [1.29, 1.82) is 0 Å². The van der Waals surface area contributed by atoms with Gasteiger partial charge in [0.15, 0.2) is 11.5 Å². The van der Waals surface area contributed by atoms with Gasteiger partial charge in [-0.1, -0.05) is 0 Å². The summed E-state index contributed by atoms with van der Waals surface area (Å²) in [6.45, 7) is 1.44. The number of hydrogen-bond donors (Lipinski definition) is 0. The van der Waals surface area contributed by atoms with Gasteiger partial charge in [-0.25, -0.2) is 9.97 Å². The lowest BCUT2D eigenvalue weighted by Gasteiger charge is -2.28. The van der Waals surface area contributed by atoms with Gasteiger partial charge in [-0.05, 0) is 25.7 Å². The highest BCUT2D eigenvalue weighted by Crippen LogP contribution is 2.31. The molecule has 1 aliphatic carbocycles. The van der Waals surface area contributed by atoms with Gasteiger partial charge in [0.05, 0.1) is 31.4 Å². The Balaban J connectivity index is 1.69. The SMILES string of the molecule is COc1cc2ncc(OC3CCC(OC(C)=O)CC3)nc2cc1OC. The molecule has 3 rings (SSSR count). The molecular formula is C18H22N2O5. The summed E-state index contributed by atoms with van der Waals surface area (Å²) in [5.74, 6) is 1.47. The number of nitrogens with zero attached hydrogens (tertiary/aromatic N) is 2. The van der Waals surface area contributed by atoms with Gasteiger partial charge in [-0.2, -0.15) is 0 Å². The van der Waals surface area contributed by atoms with Crippen molar-refractivity contribution in [3.05, 3.63) is 18.3 Å². The van der Waals surface area contributed by atoms with E-state index in [-0.39, 0.29) is 18.2 Å². The number of aromatic nitrogens is 2. The van der Waals surface area contributed by atoms with E-state index in [1.54, 1.807) is 32.5 Å². The summed E-state index contributed by atoms with van der Waals surface area (Å²) in [7, 11) is 3.17. The van der Waals surface area contributed by atoms with Crippen molar-refractivity contribution in [3.8, 4) is 17.4 Å². The molecule has 134 valence electrons. The van der Waals surface area contributed by atoms with Crippen molar-refractivity contribution in [1.82, 2.24) is 9.97 Å². The Morgan fingerprint density at radius 3 is 2.20 bits per heavy atom. The molecule has 7 nitrogen and oxygen atoms in total. The average molecular weight is 346 g/mol. The molecule has 1 aromatic carbocycles. The minimum Gasteiger partial charge on any atom is -0.493 e. The Kier molecular flexibility index (Phi) is 5.21. The van der Waals surface area contributed by atoms with Crippen LogP contribution >= 0.6 is 0 Å². The monoisotopic (exact) mass is 346 g/mol. The number of carbonyl (C=O) groups is 1. The molecule has 0 N–H and O–H groups in total. The van der Waals surface area contributed by atoms with Crippen LogP contribution in [0.4, 0.5) is 0 Å². The molecule has 0 unspecified atom stereocenters. The number of esters is 1. The molecular weight excluding hydrogens is 324 g/mol. The first-order valence-corrected chi connectivity index (χ1v) is 8.31. The third-order valence-electron chi connectivity index (χ3n) is 4.27. The van der Waals surface area contributed by atoms with Gasteiger partial charge in [-0.3, -0.25) is 4.79 Å². The molecule has 2 aromatic rings. The zero-order valence-corrected chi connectivity index (χ0v) is 14.7. The fourth-order valence-electron chi connectivity index (χ4n) is 3.05. The number of carbonyl (C=O) groups excluding carboxylic acids is 1. The summed E-state index contributed by atoms with van der Waals surface area (Å²) in [6.07, 6.45) is 4.92. The van der Waals surface area contributed by atoms with Crippen LogP contribution in [-0.2, 0) is 9.53 Å². The van der Waals surface area contributed by atoms with Crippen LogP contribution in [-0.4, -0.2) is 42.4 Å². The third-order valence-corrected chi connectivity index (χ3v) is 4.27. The van der Waals surface area contributed by atoms with Crippen LogP contribution in [0.3, 0.4) is 0 Å². The number of fused-ring (bicyclic) bond motifs is 1. The molecule has 1 saturated carbocycles. The Morgan fingerprint density at radius 1 is 1.00 bits per heavy atom. The minimum atomic E-state index is -0.228. The van der Waals surface area contributed by atoms with Gasteiger partial charge in [0, 0.05) is 19.1 Å². The molecule has 1 aromatic heterocycles. The van der Waals surface area contributed by atoms with E-state index < -0.39 is 0 Å². The molecule has 1 heterocycles. The molecule has 0 amide bonds. The molecule has 0 saturated heterocycles. The molecule has 1 aliphatic rings. The first-order valence-electron chi connectivity index (χ1n) is 8.31. The van der Waals surface area contributed by atoms with Crippen LogP contribution in [0.1, 0.15) is 32.6 Å². The summed E-state index contributed by atoms with van der Waals surface area (Å²) in [4.78, 5) is 19.9. The lowest BCUT2D eigenvalue weighted by molar-refractivity contribution is -0.148. The van der Waals surface area contributed by atoms with E-state index in [1.165, 1.54) is 6.92 Å². The third kappa shape index (κ3) is 4.10. The van der Waals surface area contributed by atoms with Crippen molar-refractivity contribution in [3.63, 3.8) is 0 Å². The highest BCUT2D eigenvalue weighted by molar-refractivity contribution is 5.79. The van der Waals surface area contributed by atoms with E-state index in [4.69, 9.17) is 18.9 Å². The number of methoxy groups -OCH3 is 2. The second kappa shape index (κ2) is 7.55. The standard InChI is InChI=1S/C18H22N2O5/c1-11(21)24-12-4-6-13(7-5-12)25-18-10-19-14-8-16(22-2)17(23-3)9-15(14)20-18/h8-10,12-13H,4-7H2,1-3H3. The summed E-state index contributed by atoms with van der Waals surface area (Å²) in [6, 6.07) is 3.57. The zero-order chi connectivity index (χ0) is 17.8. The molecule has 0 aliphatic heterocycles. The lowest BCUT2D eigenvalue weighted by Crippen LogP contribution is -2.29. The maximum atomic E-state index is 11.0. The van der Waals surface area contributed by atoms with Crippen LogP contribution in [0.25, 0.3) is 11.0 Å². The van der Waals surface area contributed by atoms with E-state index in [9.17, 15) is 4.79 Å². The first kappa shape index (κ1) is 17.3. The largest absolute Gasteiger partial charge is 0.493 e. The Morgan fingerprint density at radius 2 is 1.60 bits per heavy atom. The minimum absolute atomic E-state index is 0.00300. The summed E-state index contributed by atoms with van der Waals surface area (Å²) < 4.78 is 21.8. The fourth-order valence-corrected chi connectivity index (χ4v) is 3.05. The summed E-state index contributed by atoms with van der Waals surface area (Å²) in [5, 5.41) is 0. The van der Waals surface area contributed by atoms with Crippen LogP contribution < -0.4 is 14.2 Å². The predicted octanol–water partition coefficient (Wildman–Crippen LogP) is 2.90. The van der Waals surface area contributed by atoms with E-state index in [0.717, 1.165) is 25.7 Å². The number of benzene rings is 1. The van der Waals surface area contributed by atoms with E-state index >= 15 is 0 Å². The van der Waals surface area contributed by atoms with Crippen molar-refractivity contribution >= 4 is 17.0 Å². The highest BCUT2D eigenvalue weighted by atomic mass is 16.5. The van der Waals surface area contributed by atoms with Gasteiger partial charge < -0.3 is 18.9 Å². The smallest absolute Gasteiger partial charge is 0.302 e. The van der Waals surface area contributed by atoms with E-state index in [0.29, 0.717) is 28.4 Å². The summed E-state index contributed by atoms with van der Waals surface area (Å²) in [5.41, 5.74) is 1.40. The molecule has 0 radical (unpaired) electrons. The van der Waals surface area contributed by atoms with Crippen LogP contribution in [0.5, 0.6) is 17.4 Å². The van der Waals surface area contributed by atoms with Crippen LogP contribution in [0.15, 0.2) is 18.3 Å². The Labute approximate surface area is 146 Å². The fraction of sp³-hybridized carbons (Fsp3) is 0.500. The van der Waals surface area contributed by atoms with Crippen molar-refractivity contribution < 1.29 is 23.7 Å². The predicted molar refractivity (Wildman–Crippen MR) is 91.1 cm³/mol. The highest BCUT2D eigenvalue weighted by Gasteiger charge is 2.24. The van der Waals surface area contributed by atoms with E-state index in [1.807, 2.05) is 0 Å². The molecule has 0 bridgehead atoms. The Bertz CT molecular complexity index is 756. The topological polar surface area (TPSA) is 79.8 Å². The maximum absolute atomic E-state index is 11.0. The number of hydrogen-bond acceptors (Lipinski definition) is 7. The summed E-state index contributed by atoms with van der Waals surface area (Å²) >= 11 is 0. The first-order chi connectivity index (χ1) is 12.1. The van der Waals surface area contributed by atoms with Gasteiger partial charge in [0.25, 0.3) is 0 Å².